The second-order valence-corrected chi connectivity index (χ2v) is 6.97. The zero-order valence-corrected chi connectivity index (χ0v) is 12.8. The number of H-pyrrole nitrogens is 1. The number of aromatic amines is 1. The monoisotopic (exact) mass is 316 g/mol. The molecule has 106 valence electrons. The van der Waals surface area contributed by atoms with Crippen molar-refractivity contribution in [2.45, 2.75) is 35.9 Å². The Kier molecular flexibility index (Phi) is 3.23. The van der Waals surface area contributed by atoms with Crippen LogP contribution in [0.25, 0.3) is 10.2 Å². The maximum atomic E-state index is 11.4. The average molecular weight is 316 g/mol. The van der Waals surface area contributed by atoms with E-state index in [-0.39, 0.29) is 5.56 Å². The smallest absolute Gasteiger partial charge is 0.251 e. The van der Waals surface area contributed by atoms with Gasteiger partial charge in [0.2, 0.25) is 0 Å². The lowest BCUT2D eigenvalue weighted by Gasteiger charge is -2.11. The van der Waals surface area contributed by atoms with Crippen molar-refractivity contribution >= 4 is 33.3 Å². The molecule has 0 saturated heterocycles. The minimum Gasteiger partial charge on any atom is -0.301 e. The molecule has 0 atom stereocenters. The quantitative estimate of drug-likeness (QED) is 0.581. The molecular weight excluding hydrogens is 304 g/mol. The molecule has 0 aromatic carbocycles. The van der Waals surface area contributed by atoms with Crippen LogP contribution in [-0.2, 0) is 12.8 Å². The standard InChI is InChI=1S/C14H12N4OS2/c19-10-5-6-15-14(18-10)21-13-11-8-3-1-2-4-9(8)20-12(11)16-7-17-13/h5-7H,1-4H2,(H,15,18,19). The zero-order valence-electron chi connectivity index (χ0n) is 11.1. The van der Waals surface area contributed by atoms with Gasteiger partial charge in [0, 0.05) is 22.5 Å². The maximum Gasteiger partial charge on any atom is 0.251 e. The van der Waals surface area contributed by atoms with Crippen molar-refractivity contribution < 1.29 is 0 Å². The summed E-state index contributed by atoms with van der Waals surface area (Å²) in [6.07, 6.45) is 7.81. The summed E-state index contributed by atoms with van der Waals surface area (Å²) >= 11 is 3.17. The molecular formula is C14H12N4OS2. The van der Waals surface area contributed by atoms with Crippen LogP contribution in [-0.4, -0.2) is 19.9 Å². The molecule has 1 N–H and O–H groups in total. The minimum absolute atomic E-state index is 0.148. The van der Waals surface area contributed by atoms with Crippen LogP contribution in [0, 0.1) is 0 Å². The second-order valence-electron chi connectivity index (χ2n) is 4.91. The van der Waals surface area contributed by atoms with Gasteiger partial charge in [0.05, 0.1) is 0 Å². The molecule has 3 aromatic heterocycles. The zero-order chi connectivity index (χ0) is 14.2. The number of hydrogen-bond donors (Lipinski definition) is 1. The van der Waals surface area contributed by atoms with Gasteiger partial charge in [-0.15, -0.1) is 11.3 Å². The van der Waals surface area contributed by atoms with E-state index >= 15 is 0 Å². The van der Waals surface area contributed by atoms with Gasteiger partial charge < -0.3 is 4.98 Å². The molecule has 0 fully saturated rings. The van der Waals surface area contributed by atoms with Crippen molar-refractivity contribution in [2.75, 3.05) is 0 Å². The maximum absolute atomic E-state index is 11.4. The molecule has 0 bridgehead atoms. The number of aromatic nitrogens is 4. The molecule has 1 aliphatic carbocycles. The van der Waals surface area contributed by atoms with E-state index in [0.717, 1.165) is 28.1 Å². The SMILES string of the molecule is O=c1ccnc(Sc2ncnc3sc4c(c23)CCCC4)[nH]1. The predicted molar refractivity (Wildman–Crippen MR) is 83.0 cm³/mol. The van der Waals surface area contributed by atoms with E-state index in [4.69, 9.17) is 0 Å². The van der Waals surface area contributed by atoms with Gasteiger partial charge in [-0.2, -0.15) is 0 Å². The van der Waals surface area contributed by atoms with Gasteiger partial charge >= 0.3 is 0 Å². The molecule has 0 aliphatic heterocycles. The van der Waals surface area contributed by atoms with Crippen molar-refractivity contribution in [2.24, 2.45) is 0 Å². The molecule has 4 rings (SSSR count). The molecule has 1 aliphatic rings. The Morgan fingerprint density at radius 1 is 1.19 bits per heavy atom. The number of aryl methyl sites for hydroxylation is 2. The first-order valence-corrected chi connectivity index (χ1v) is 8.43. The van der Waals surface area contributed by atoms with Gasteiger partial charge in [-0.05, 0) is 43.0 Å². The van der Waals surface area contributed by atoms with Crippen LogP contribution >= 0.6 is 23.1 Å². The number of nitrogens with one attached hydrogen (secondary N) is 1. The highest BCUT2D eigenvalue weighted by Gasteiger charge is 2.20. The first-order chi connectivity index (χ1) is 10.3. The Bertz CT molecular complexity index is 871. The highest BCUT2D eigenvalue weighted by atomic mass is 32.2. The lowest BCUT2D eigenvalue weighted by Crippen LogP contribution is -2.05. The van der Waals surface area contributed by atoms with E-state index in [0.29, 0.717) is 5.16 Å². The van der Waals surface area contributed by atoms with E-state index in [1.54, 1.807) is 17.7 Å². The van der Waals surface area contributed by atoms with Crippen molar-refractivity contribution in [1.29, 1.82) is 0 Å². The Morgan fingerprint density at radius 3 is 3.00 bits per heavy atom. The molecule has 21 heavy (non-hydrogen) atoms. The Balaban J connectivity index is 1.85. The van der Waals surface area contributed by atoms with E-state index in [1.807, 2.05) is 0 Å². The number of thiophene rings is 1. The molecule has 0 spiro atoms. The third-order valence-corrected chi connectivity index (χ3v) is 5.66. The van der Waals surface area contributed by atoms with Crippen LogP contribution in [0.5, 0.6) is 0 Å². The van der Waals surface area contributed by atoms with Gasteiger partial charge in [-0.3, -0.25) is 4.79 Å². The van der Waals surface area contributed by atoms with Crippen molar-refractivity contribution in [3.05, 3.63) is 39.4 Å². The van der Waals surface area contributed by atoms with Crippen molar-refractivity contribution in [1.82, 2.24) is 19.9 Å². The lowest BCUT2D eigenvalue weighted by molar-refractivity contribution is 0.699. The Hall–Kier alpha value is -1.73. The van der Waals surface area contributed by atoms with Gasteiger partial charge in [0.1, 0.15) is 16.2 Å². The summed E-state index contributed by atoms with van der Waals surface area (Å²) in [5, 5.41) is 2.60. The summed E-state index contributed by atoms with van der Waals surface area (Å²) in [6.45, 7) is 0. The summed E-state index contributed by atoms with van der Waals surface area (Å²) in [6, 6.07) is 1.41. The highest BCUT2D eigenvalue weighted by Crippen LogP contribution is 2.40. The average Bonchev–Trinajstić information content (AvgIpc) is 2.87. The van der Waals surface area contributed by atoms with Crippen LogP contribution in [0.15, 0.2) is 33.6 Å². The van der Waals surface area contributed by atoms with E-state index in [9.17, 15) is 4.79 Å². The molecule has 0 radical (unpaired) electrons. The van der Waals surface area contributed by atoms with Crippen molar-refractivity contribution in [3.8, 4) is 0 Å². The normalized spacial score (nSPS) is 14.3. The van der Waals surface area contributed by atoms with Crippen LogP contribution in [0.3, 0.4) is 0 Å². The van der Waals surface area contributed by atoms with Crippen LogP contribution in [0.1, 0.15) is 23.3 Å². The summed E-state index contributed by atoms with van der Waals surface area (Å²) in [4.78, 5) is 29.6. The summed E-state index contributed by atoms with van der Waals surface area (Å²) in [7, 11) is 0. The van der Waals surface area contributed by atoms with E-state index in [1.165, 1.54) is 47.3 Å². The predicted octanol–water partition coefficient (Wildman–Crippen LogP) is 2.80. The molecule has 3 heterocycles. The fourth-order valence-electron chi connectivity index (χ4n) is 2.63. The fourth-order valence-corrected chi connectivity index (χ4v) is 4.80. The van der Waals surface area contributed by atoms with E-state index in [2.05, 4.69) is 19.9 Å². The molecule has 3 aromatic rings. The molecule has 0 amide bonds. The molecule has 7 heteroatoms. The lowest BCUT2D eigenvalue weighted by atomic mass is 9.97. The number of hydrogen-bond acceptors (Lipinski definition) is 6. The van der Waals surface area contributed by atoms with Crippen LogP contribution in [0.4, 0.5) is 0 Å². The Labute approximate surface area is 128 Å². The summed E-state index contributed by atoms with van der Waals surface area (Å²) in [5.74, 6) is 0. The highest BCUT2D eigenvalue weighted by molar-refractivity contribution is 7.99. The summed E-state index contributed by atoms with van der Waals surface area (Å²) in [5.41, 5.74) is 1.24. The first kappa shape index (κ1) is 13.0. The summed E-state index contributed by atoms with van der Waals surface area (Å²) < 4.78 is 0. The Morgan fingerprint density at radius 2 is 2.10 bits per heavy atom. The number of fused-ring (bicyclic) bond motifs is 3. The number of rotatable bonds is 2. The van der Waals surface area contributed by atoms with Gasteiger partial charge in [-0.1, -0.05) is 0 Å². The fraction of sp³-hybridized carbons (Fsp3) is 0.286. The first-order valence-electron chi connectivity index (χ1n) is 6.80. The topological polar surface area (TPSA) is 71.5 Å². The largest absolute Gasteiger partial charge is 0.301 e. The van der Waals surface area contributed by atoms with Gasteiger partial charge in [-0.25, -0.2) is 15.0 Å². The molecule has 5 nitrogen and oxygen atoms in total. The van der Waals surface area contributed by atoms with Crippen molar-refractivity contribution in [3.63, 3.8) is 0 Å². The third kappa shape index (κ3) is 2.36. The minimum atomic E-state index is -0.148. The second kappa shape index (κ2) is 5.23. The number of nitrogens with zero attached hydrogens (tertiary/aromatic N) is 3. The molecule has 0 saturated carbocycles. The van der Waals surface area contributed by atoms with Gasteiger partial charge in [0.25, 0.3) is 5.56 Å². The van der Waals surface area contributed by atoms with Crippen LogP contribution in [0.2, 0.25) is 0 Å². The molecule has 0 unspecified atom stereocenters. The van der Waals surface area contributed by atoms with E-state index < -0.39 is 0 Å². The van der Waals surface area contributed by atoms with Crippen LogP contribution < -0.4 is 5.56 Å². The third-order valence-electron chi connectivity index (χ3n) is 3.56. The van der Waals surface area contributed by atoms with Gasteiger partial charge in [0.15, 0.2) is 5.16 Å².